The van der Waals surface area contributed by atoms with Gasteiger partial charge in [-0.2, -0.15) is 0 Å². The Morgan fingerprint density at radius 1 is 1.11 bits per heavy atom. The zero-order valence-corrected chi connectivity index (χ0v) is 11.8. The lowest BCUT2D eigenvalue weighted by molar-refractivity contribution is 0.00958. The van der Waals surface area contributed by atoms with Crippen molar-refractivity contribution in [3.8, 4) is 0 Å². The van der Waals surface area contributed by atoms with Crippen LogP contribution in [0.15, 0.2) is 0 Å². The van der Waals surface area contributed by atoms with Crippen molar-refractivity contribution in [2.24, 2.45) is 5.73 Å². The van der Waals surface area contributed by atoms with E-state index < -0.39 is 0 Å². The molecular formula is C14H29N3O. The molecule has 2 N–H and O–H groups in total. The molecule has 4 heteroatoms. The zero-order chi connectivity index (χ0) is 12.8. The molecule has 2 saturated heterocycles. The number of nitrogens with two attached hydrogens (primary N) is 1. The van der Waals surface area contributed by atoms with Crippen LogP contribution in [0.1, 0.15) is 32.1 Å². The van der Waals surface area contributed by atoms with Gasteiger partial charge in [-0.15, -0.1) is 0 Å². The molecule has 18 heavy (non-hydrogen) atoms. The Hall–Kier alpha value is -0.160. The van der Waals surface area contributed by atoms with Crippen molar-refractivity contribution in [3.63, 3.8) is 0 Å². The van der Waals surface area contributed by atoms with Crippen LogP contribution in [-0.4, -0.2) is 68.3 Å². The number of piperidine rings is 2. The lowest BCUT2D eigenvalue weighted by atomic mass is 9.99. The van der Waals surface area contributed by atoms with E-state index in [2.05, 4.69) is 9.80 Å². The van der Waals surface area contributed by atoms with Crippen LogP contribution in [-0.2, 0) is 4.74 Å². The summed E-state index contributed by atoms with van der Waals surface area (Å²) in [5.41, 5.74) is 5.91. The molecule has 2 heterocycles. The van der Waals surface area contributed by atoms with Crippen molar-refractivity contribution >= 4 is 0 Å². The van der Waals surface area contributed by atoms with E-state index in [4.69, 9.17) is 10.5 Å². The third-order valence-electron chi connectivity index (χ3n) is 4.55. The fraction of sp³-hybridized carbons (Fsp3) is 1.00. The van der Waals surface area contributed by atoms with Gasteiger partial charge in [0.2, 0.25) is 0 Å². The first-order valence-corrected chi connectivity index (χ1v) is 7.52. The number of rotatable bonds is 5. The predicted molar refractivity (Wildman–Crippen MR) is 74.7 cm³/mol. The van der Waals surface area contributed by atoms with Crippen LogP contribution in [0.2, 0.25) is 0 Å². The summed E-state index contributed by atoms with van der Waals surface area (Å²) >= 11 is 0. The molecule has 0 amide bonds. The van der Waals surface area contributed by atoms with E-state index in [0.29, 0.717) is 12.1 Å². The summed E-state index contributed by atoms with van der Waals surface area (Å²) in [6.45, 7) is 6.89. The summed E-state index contributed by atoms with van der Waals surface area (Å²) in [4.78, 5) is 5.18. The van der Waals surface area contributed by atoms with Gasteiger partial charge in [0.05, 0.1) is 6.10 Å². The highest BCUT2D eigenvalue weighted by Gasteiger charge is 2.27. The van der Waals surface area contributed by atoms with Crippen LogP contribution in [0, 0.1) is 0 Å². The normalized spacial score (nSPS) is 31.7. The van der Waals surface area contributed by atoms with Gasteiger partial charge in [-0.25, -0.2) is 0 Å². The van der Waals surface area contributed by atoms with Gasteiger partial charge in [0, 0.05) is 39.3 Å². The molecule has 0 saturated carbocycles. The van der Waals surface area contributed by atoms with Crippen molar-refractivity contribution in [1.82, 2.24) is 9.80 Å². The molecule has 2 atom stereocenters. The monoisotopic (exact) mass is 255 g/mol. The highest BCUT2D eigenvalue weighted by molar-refractivity contribution is 4.83. The minimum absolute atomic E-state index is 0.421. The summed E-state index contributed by atoms with van der Waals surface area (Å²) in [7, 11) is 1.82. The molecule has 0 radical (unpaired) electrons. The average Bonchev–Trinajstić information content (AvgIpc) is 2.46. The Kier molecular flexibility index (Phi) is 5.89. The third-order valence-corrected chi connectivity index (χ3v) is 4.55. The van der Waals surface area contributed by atoms with E-state index in [9.17, 15) is 0 Å². The van der Waals surface area contributed by atoms with Crippen LogP contribution >= 0.6 is 0 Å². The van der Waals surface area contributed by atoms with Gasteiger partial charge in [-0.3, -0.25) is 4.90 Å². The second kappa shape index (κ2) is 7.43. The fourth-order valence-corrected chi connectivity index (χ4v) is 3.27. The minimum atomic E-state index is 0.421. The topological polar surface area (TPSA) is 41.7 Å². The number of likely N-dealkylation sites (tertiary alicyclic amines) is 2. The molecule has 0 aromatic heterocycles. The Balaban J connectivity index is 1.73. The Labute approximate surface area is 111 Å². The molecule has 106 valence electrons. The summed E-state index contributed by atoms with van der Waals surface area (Å²) in [5.74, 6) is 0. The highest BCUT2D eigenvalue weighted by atomic mass is 16.5. The maximum atomic E-state index is 5.91. The molecule has 4 nitrogen and oxygen atoms in total. The van der Waals surface area contributed by atoms with Gasteiger partial charge in [-0.1, -0.05) is 6.42 Å². The molecule has 0 aliphatic carbocycles. The number of nitrogens with zero attached hydrogens (tertiary/aromatic N) is 2. The third kappa shape index (κ3) is 3.92. The second-order valence-corrected chi connectivity index (χ2v) is 5.71. The number of hydrogen-bond donors (Lipinski definition) is 1. The van der Waals surface area contributed by atoms with Gasteiger partial charge in [-0.05, 0) is 38.8 Å². The Bertz CT molecular complexity index is 231. The van der Waals surface area contributed by atoms with Gasteiger partial charge in [0.25, 0.3) is 0 Å². The van der Waals surface area contributed by atoms with E-state index in [1.54, 1.807) is 0 Å². The molecule has 0 aromatic carbocycles. The van der Waals surface area contributed by atoms with E-state index in [-0.39, 0.29) is 0 Å². The van der Waals surface area contributed by atoms with Crippen LogP contribution in [0.3, 0.4) is 0 Å². The summed E-state index contributed by atoms with van der Waals surface area (Å²) < 4.78 is 5.47. The van der Waals surface area contributed by atoms with Crippen molar-refractivity contribution in [2.75, 3.05) is 46.4 Å². The summed E-state index contributed by atoms with van der Waals surface area (Å²) in [6.07, 6.45) is 6.86. The molecule has 2 aliphatic heterocycles. The van der Waals surface area contributed by atoms with Crippen LogP contribution < -0.4 is 5.73 Å². The molecule has 0 bridgehead atoms. The zero-order valence-electron chi connectivity index (χ0n) is 11.8. The molecular weight excluding hydrogens is 226 g/mol. The maximum Gasteiger partial charge on any atom is 0.0599 e. The molecule has 2 unspecified atom stereocenters. The standard InChI is InChI=1S/C14H29N3O/c1-18-14-5-8-17(13(11-14)12-15)10-9-16-6-3-2-4-7-16/h13-14H,2-12,15H2,1H3. The minimum Gasteiger partial charge on any atom is -0.381 e. The SMILES string of the molecule is COC1CCN(CCN2CCCCC2)C(CN)C1. The molecule has 2 rings (SSSR count). The number of methoxy groups -OCH3 is 1. The molecule has 0 aromatic rings. The maximum absolute atomic E-state index is 5.91. The molecule has 2 fully saturated rings. The Morgan fingerprint density at radius 3 is 2.56 bits per heavy atom. The smallest absolute Gasteiger partial charge is 0.0599 e. The molecule has 0 spiro atoms. The van der Waals surface area contributed by atoms with Gasteiger partial charge < -0.3 is 15.4 Å². The first kappa shape index (κ1) is 14.3. The van der Waals surface area contributed by atoms with Crippen molar-refractivity contribution < 1.29 is 4.74 Å². The van der Waals surface area contributed by atoms with E-state index in [1.165, 1.54) is 45.4 Å². The second-order valence-electron chi connectivity index (χ2n) is 5.71. The van der Waals surface area contributed by atoms with Crippen LogP contribution in [0.5, 0.6) is 0 Å². The largest absolute Gasteiger partial charge is 0.381 e. The van der Waals surface area contributed by atoms with Gasteiger partial charge >= 0.3 is 0 Å². The first-order chi connectivity index (χ1) is 8.83. The van der Waals surface area contributed by atoms with Crippen LogP contribution in [0.4, 0.5) is 0 Å². The summed E-state index contributed by atoms with van der Waals surface area (Å²) in [5, 5.41) is 0. The van der Waals surface area contributed by atoms with Crippen LogP contribution in [0.25, 0.3) is 0 Å². The van der Waals surface area contributed by atoms with E-state index in [0.717, 1.165) is 25.9 Å². The highest BCUT2D eigenvalue weighted by Crippen LogP contribution is 2.19. The van der Waals surface area contributed by atoms with Crippen molar-refractivity contribution in [1.29, 1.82) is 0 Å². The van der Waals surface area contributed by atoms with E-state index >= 15 is 0 Å². The lowest BCUT2D eigenvalue weighted by Crippen LogP contribution is -2.51. The first-order valence-electron chi connectivity index (χ1n) is 7.52. The fourth-order valence-electron chi connectivity index (χ4n) is 3.27. The molecule has 2 aliphatic rings. The number of ether oxygens (including phenoxy) is 1. The Morgan fingerprint density at radius 2 is 1.89 bits per heavy atom. The number of hydrogen-bond acceptors (Lipinski definition) is 4. The average molecular weight is 255 g/mol. The summed E-state index contributed by atoms with van der Waals surface area (Å²) in [6, 6.07) is 0.522. The van der Waals surface area contributed by atoms with Crippen molar-refractivity contribution in [2.45, 2.75) is 44.2 Å². The van der Waals surface area contributed by atoms with Gasteiger partial charge in [0.15, 0.2) is 0 Å². The van der Waals surface area contributed by atoms with Crippen molar-refractivity contribution in [3.05, 3.63) is 0 Å². The van der Waals surface area contributed by atoms with Gasteiger partial charge in [0.1, 0.15) is 0 Å². The van der Waals surface area contributed by atoms with E-state index in [1.807, 2.05) is 7.11 Å². The lowest BCUT2D eigenvalue weighted by Gasteiger charge is -2.39. The quantitative estimate of drug-likeness (QED) is 0.793. The predicted octanol–water partition coefficient (Wildman–Crippen LogP) is 0.910.